The van der Waals surface area contributed by atoms with Crippen molar-refractivity contribution >= 4 is 15.9 Å². The van der Waals surface area contributed by atoms with Gasteiger partial charge in [0.25, 0.3) is 0 Å². The number of hydrogen-bond donors (Lipinski definition) is 0. The summed E-state index contributed by atoms with van der Waals surface area (Å²) in [5.41, 5.74) is 0. The number of alkyl halides is 3. The Balaban J connectivity index is 2.13. The number of nitrogens with zero attached hydrogens (tertiary/aromatic N) is 3. The second-order valence-electron chi connectivity index (χ2n) is 4.88. The SMILES string of the molecule is COCCn1c(CBr)nnc1C1CCC(F)(F)CC1. The standard InChI is InChI=1S/C12H18BrF2N3O/c1-19-7-6-18-10(8-13)16-17-11(18)9-2-4-12(14,15)5-3-9/h9H,2-8H2,1H3. The zero-order valence-corrected chi connectivity index (χ0v) is 12.5. The summed E-state index contributed by atoms with van der Waals surface area (Å²) in [7, 11) is 1.64. The lowest BCUT2D eigenvalue weighted by Crippen LogP contribution is -2.25. The van der Waals surface area contributed by atoms with Crippen molar-refractivity contribution in [3.05, 3.63) is 11.6 Å². The molecule has 1 aromatic rings. The summed E-state index contributed by atoms with van der Waals surface area (Å²) in [6.07, 6.45) is 0.831. The van der Waals surface area contributed by atoms with Gasteiger partial charge in [0.2, 0.25) is 5.92 Å². The van der Waals surface area contributed by atoms with Gasteiger partial charge in [-0.3, -0.25) is 0 Å². The molecule has 2 rings (SSSR count). The highest BCUT2D eigenvalue weighted by molar-refractivity contribution is 9.08. The maximum Gasteiger partial charge on any atom is 0.248 e. The Morgan fingerprint density at radius 2 is 2.05 bits per heavy atom. The molecule has 19 heavy (non-hydrogen) atoms. The number of methoxy groups -OCH3 is 1. The fraction of sp³-hybridized carbons (Fsp3) is 0.833. The first-order chi connectivity index (χ1) is 9.07. The molecule has 1 aromatic heterocycles. The number of ether oxygens (including phenoxy) is 1. The van der Waals surface area contributed by atoms with Crippen LogP contribution in [0.25, 0.3) is 0 Å². The molecular formula is C12H18BrF2N3O. The smallest absolute Gasteiger partial charge is 0.248 e. The van der Waals surface area contributed by atoms with Crippen LogP contribution < -0.4 is 0 Å². The van der Waals surface area contributed by atoms with Crippen molar-refractivity contribution in [1.82, 2.24) is 14.8 Å². The van der Waals surface area contributed by atoms with E-state index < -0.39 is 5.92 Å². The third-order valence-electron chi connectivity index (χ3n) is 3.58. The van der Waals surface area contributed by atoms with Gasteiger partial charge in [0.15, 0.2) is 0 Å². The fourth-order valence-electron chi connectivity index (χ4n) is 2.47. The van der Waals surface area contributed by atoms with E-state index in [1.54, 1.807) is 7.11 Å². The Kier molecular flexibility index (Phi) is 4.89. The van der Waals surface area contributed by atoms with E-state index in [0.29, 0.717) is 31.3 Å². The summed E-state index contributed by atoms with van der Waals surface area (Å²) in [6, 6.07) is 0. The average Bonchev–Trinajstić information content (AvgIpc) is 2.79. The second kappa shape index (κ2) is 6.26. The zero-order valence-electron chi connectivity index (χ0n) is 10.9. The topological polar surface area (TPSA) is 39.9 Å². The Morgan fingerprint density at radius 1 is 1.37 bits per heavy atom. The van der Waals surface area contributed by atoms with Crippen molar-refractivity contribution in [2.45, 2.75) is 49.4 Å². The maximum atomic E-state index is 13.2. The summed E-state index contributed by atoms with van der Waals surface area (Å²) in [6.45, 7) is 1.22. The van der Waals surface area contributed by atoms with Gasteiger partial charge in [-0.1, -0.05) is 15.9 Å². The maximum absolute atomic E-state index is 13.2. The Bertz CT molecular complexity index is 415. The first kappa shape index (κ1) is 14.8. The van der Waals surface area contributed by atoms with Crippen molar-refractivity contribution in [2.24, 2.45) is 0 Å². The minimum atomic E-state index is -2.51. The van der Waals surface area contributed by atoms with E-state index in [-0.39, 0.29) is 18.8 Å². The number of rotatable bonds is 5. The first-order valence-electron chi connectivity index (χ1n) is 6.42. The molecule has 0 saturated heterocycles. The third-order valence-corrected chi connectivity index (χ3v) is 4.08. The molecule has 0 radical (unpaired) electrons. The highest BCUT2D eigenvalue weighted by Gasteiger charge is 2.37. The van der Waals surface area contributed by atoms with E-state index in [1.165, 1.54) is 0 Å². The number of aromatic nitrogens is 3. The largest absolute Gasteiger partial charge is 0.383 e. The predicted octanol–water partition coefficient (Wildman–Crippen LogP) is 3.11. The molecule has 1 aliphatic carbocycles. The van der Waals surface area contributed by atoms with Gasteiger partial charge in [0.05, 0.1) is 11.9 Å². The molecule has 1 aliphatic rings. The summed E-state index contributed by atoms with van der Waals surface area (Å²) in [5.74, 6) is -0.783. The van der Waals surface area contributed by atoms with E-state index in [9.17, 15) is 8.78 Å². The van der Waals surface area contributed by atoms with E-state index in [0.717, 1.165) is 11.6 Å². The predicted molar refractivity (Wildman–Crippen MR) is 70.7 cm³/mol. The molecule has 7 heteroatoms. The van der Waals surface area contributed by atoms with Gasteiger partial charge in [0, 0.05) is 32.4 Å². The minimum Gasteiger partial charge on any atom is -0.383 e. The van der Waals surface area contributed by atoms with Gasteiger partial charge < -0.3 is 9.30 Å². The van der Waals surface area contributed by atoms with Crippen LogP contribution in [0.2, 0.25) is 0 Å². The monoisotopic (exact) mass is 337 g/mol. The molecular weight excluding hydrogens is 320 g/mol. The lowest BCUT2D eigenvalue weighted by Gasteiger charge is -2.28. The van der Waals surface area contributed by atoms with Crippen LogP contribution in [-0.4, -0.2) is 34.4 Å². The summed E-state index contributed by atoms with van der Waals surface area (Å²) in [4.78, 5) is 0. The molecule has 0 atom stereocenters. The van der Waals surface area contributed by atoms with Gasteiger partial charge in [-0.2, -0.15) is 0 Å². The quantitative estimate of drug-likeness (QED) is 0.775. The average molecular weight is 338 g/mol. The molecule has 108 valence electrons. The van der Waals surface area contributed by atoms with Gasteiger partial charge in [0.1, 0.15) is 11.6 Å². The zero-order chi connectivity index (χ0) is 13.9. The summed E-state index contributed by atoms with van der Waals surface area (Å²) in [5, 5.41) is 8.92. The van der Waals surface area contributed by atoms with Crippen LogP contribution in [0.1, 0.15) is 43.3 Å². The van der Waals surface area contributed by atoms with Crippen LogP contribution in [0.3, 0.4) is 0 Å². The van der Waals surface area contributed by atoms with Crippen molar-refractivity contribution in [2.75, 3.05) is 13.7 Å². The van der Waals surface area contributed by atoms with Crippen molar-refractivity contribution in [3.8, 4) is 0 Å². The molecule has 0 spiro atoms. The van der Waals surface area contributed by atoms with Crippen LogP contribution in [0.4, 0.5) is 8.78 Å². The molecule has 0 aromatic carbocycles. The normalized spacial score (nSPS) is 19.8. The van der Waals surface area contributed by atoms with Crippen LogP contribution in [0.5, 0.6) is 0 Å². The molecule has 4 nitrogen and oxygen atoms in total. The molecule has 1 saturated carbocycles. The molecule has 0 aliphatic heterocycles. The minimum absolute atomic E-state index is 0.0571. The van der Waals surface area contributed by atoms with Crippen molar-refractivity contribution in [1.29, 1.82) is 0 Å². The van der Waals surface area contributed by atoms with Gasteiger partial charge in [-0.05, 0) is 12.8 Å². The van der Waals surface area contributed by atoms with Crippen molar-refractivity contribution < 1.29 is 13.5 Å². The number of halogens is 3. The molecule has 0 bridgehead atoms. The molecule has 1 heterocycles. The van der Waals surface area contributed by atoms with E-state index in [1.807, 2.05) is 4.57 Å². The van der Waals surface area contributed by atoms with Gasteiger partial charge >= 0.3 is 0 Å². The second-order valence-corrected chi connectivity index (χ2v) is 5.44. The molecule has 0 N–H and O–H groups in total. The highest BCUT2D eigenvalue weighted by Crippen LogP contribution is 2.40. The van der Waals surface area contributed by atoms with Gasteiger partial charge in [-0.25, -0.2) is 8.78 Å². The van der Waals surface area contributed by atoms with Crippen LogP contribution in [0, 0.1) is 0 Å². The van der Waals surface area contributed by atoms with E-state index >= 15 is 0 Å². The lowest BCUT2D eigenvalue weighted by atomic mass is 9.86. The van der Waals surface area contributed by atoms with Gasteiger partial charge in [-0.15, -0.1) is 10.2 Å². The summed E-state index contributed by atoms with van der Waals surface area (Å²) < 4.78 is 33.5. The van der Waals surface area contributed by atoms with E-state index in [2.05, 4.69) is 26.1 Å². The Hall–Kier alpha value is -0.560. The third kappa shape index (κ3) is 3.51. The van der Waals surface area contributed by atoms with Crippen LogP contribution >= 0.6 is 15.9 Å². The Labute approximate surface area is 119 Å². The Morgan fingerprint density at radius 3 is 2.63 bits per heavy atom. The van der Waals surface area contributed by atoms with Crippen LogP contribution in [0.15, 0.2) is 0 Å². The highest BCUT2D eigenvalue weighted by atomic mass is 79.9. The van der Waals surface area contributed by atoms with E-state index in [4.69, 9.17) is 4.74 Å². The molecule has 0 unspecified atom stereocenters. The fourth-order valence-corrected chi connectivity index (χ4v) is 2.89. The molecule has 0 amide bonds. The van der Waals surface area contributed by atoms with Crippen molar-refractivity contribution in [3.63, 3.8) is 0 Å². The lowest BCUT2D eigenvalue weighted by molar-refractivity contribution is -0.0390. The summed E-state index contributed by atoms with van der Waals surface area (Å²) >= 11 is 3.37. The van der Waals surface area contributed by atoms with Crippen LogP contribution in [-0.2, 0) is 16.6 Å². The first-order valence-corrected chi connectivity index (χ1v) is 7.54. The molecule has 1 fully saturated rings. The number of hydrogen-bond acceptors (Lipinski definition) is 3.